The van der Waals surface area contributed by atoms with Crippen molar-refractivity contribution in [3.63, 3.8) is 0 Å². The lowest BCUT2D eigenvalue weighted by Crippen LogP contribution is -2.58. The van der Waals surface area contributed by atoms with Crippen molar-refractivity contribution in [2.24, 2.45) is 28.6 Å². The molecule has 0 aromatic rings. The number of hydrogen-bond donors (Lipinski definition) is 0. The molecule has 0 N–H and O–H groups in total. The van der Waals surface area contributed by atoms with Crippen molar-refractivity contribution in [3.8, 4) is 0 Å². The summed E-state index contributed by atoms with van der Waals surface area (Å²) in [6.45, 7) is 25.6. The summed E-state index contributed by atoms with van der Waals surface area (Å²) < 4.78 is 20.4. The summed E-state index contributed by atoms with van der Waals surface area (Å²) in [7, 11) is -2.38. The highest BCUT2D eigenvalue weighted by Gasteiger charge is 2.82. The van der Waals surface area contributed by atoms with Crippen LogP contribution < -0.4 is 0 Å². The predicted octanol–water partition coefficient (Wildman–Crippen LogP) is 6.98. The maximum absolute atomic E-state index is 14.8. The molecule has 6 heteroatoms. The minimum Gasteiger partial charge on any atom is -0.488 e. The first-order valence-electron chi connectivity index (χ1n) is 14.0. The van der Waals surface area contributed by atoms with Gasteiger partial charge in [0.05, 0.1) is 17.6 Å². The van der Waals surface area contributed by atoms with Gasteiger partial charge in [-0.15, -0.1) is 0 Å². The lowest BCUT2D eigenvalue weighted by Gasteiger charge is -2.49. The average Bonchev–Trinajstić information content (AvgIpc) is 3.27. The van der Waals surface area contributed by atoms with Crippen LogP contribution in [0.2, 0.25) is 18.1 Å². The number of carbonyl (C=O) groups is 2. The van der Waals surface area contributed by atoms with Crippen molar-refractivity contribution < 1.29 is 23.5 Å². The van der Waals surface area contributed by atoms with Gasteiger partial charge >= 0.3 is 0 Å². The summed E-state index contributed by atoms with van der Waals surface area (Å²) in [5.41, 5.74) is -1.26. The van der Waals surface area contributed by atoms with Gasteiger partial charge in [-0.2, -0.15) is 0 Å². The monoisotopic (exact) mass is 516 g/mol. The summed E-state index contributed by atoms with van der Waals surface area (Å²) >= 11 is 0. The van der Waals surface area contributed by atoms with Crippen LogP contribution in [0.1, 0.15) is 88.5 Å². The smallest absolute Gasteiger partial charge is 0.214 e. The zero-order chi connectivity index (χ0) is 27.2. The van der Waals surface area contributed by atoms with E-state index in [1.165, 1.54) is 0 Å². The van der Waals surface area contributed by atoms with Gasteiger partial charge in [0.25, 0.3) is 0 Å². The van der Waals surface area contributed by atoms with Gasteiger partial charge in [-0.05, 0) is 88.6 Å². The Morgan fingerprint density at radius 1 is 1.00 bits per heavy atom. The predicted molar refractivity (Wildman–Crippen MR) is 145 cm³/mol. The Morgan fingerprint density at radius 3 is 2.08 bits per heavy atom. The van der Waals surface area contributed by atoms with Crippen molar-refractivity contribution in [2.75, 3.05) is 0 Å². The van der Waals surface area contributed by atoms with Gasteiger partial charge in [0.1, 0.15) is 5.60 Å². The molecule has 0 aromatic heterocycles. The Balaban J connectivity index is 2.03. The van der Waals surface area contributed by atoms with Crippen LogP contribution in [-0.2, 0) is 23.5 Å². The van der Waals surface area contributed by atoms with Crippen molar-refractivity contribution in [2.45, 2.75) is 124 Å². The third-order valence-corrected chi connectivity index (χ3v) is 14.3. The first-order valence-corrected chi connectivity index (χ1v) is 16.9. The summed E-state index contributed by atoms with van der Waals surface area (Å²) in [5, 5.41) is -0.0586. The lowest BCUT2D eigenvalue weighted by molar-refractivity contribution is -0.133. The minimum absolute atomic E-state index is 0.0276. The Labute approximate surface area is 219 Å². The zero-order valence-electron chi connectivity index (χ0n) is 24.6. The van der Waals surface area contributed by atoms with E-state index in [-0.39, 0.29) is 52.0 Å². The average molecular weight is 517 g/mol. The molecular weight excluding hydrogens is 468 g/mol. The quantitative estimate of drug-likeness (QED) is 0.342. The van der Waals surface area contributed by atoms with Crippen molar-refractivity contribution in [3.05, 3.63) is 23.2 Å². The normalized spacial score (nSPS) is 36.2. The standard InChI is InChI=1S/C30H48O5Si/c1-17(2)23-21(31)15-22-28(23,10)16-20-13-14-29(35-36(11,12)27(7,8)9)26(34-19(5)6)24(33-18(3)4)25(32)30(20,22)29/h15,17-20,23H,13-14,16H2,1-12H3/t20-,23-,28-,29+,30-/m1/s1. The van der Waals surface area contributed by atoms with Crippen LogP contribution in [0.3, 0.4) is 0 Å². The molecule has 2 saturated carbocycles. The molecule has 0 heterocycles. The third-order valence-electron chi connectivity index (χ3n) is 9.83. The number of fused-ring (bicyclic) bond motifs is 1. The lowest BCUT2D eigenvalue weighted by atomic mass is 9.64. The highest BCUT2D eigenvalue weighted by atomic mass is 28.4. The Bertz CT molecular complexity index is 1030. The molecule has 4 aliphatic rings. The fourth-order valence-corrected chi connectivity index (χ4v) is 9.35. The number of Topliss-reactive ketones (excluding diaryl/α,β-unsaturated/α-hetero) is 1. The molecule has 0 radical (unpaired) electrons. The maximum Gasteiger partial charge on any atom is 0.214 e. The molecular formula is C30H48O5Si. The van der Waals surface area contributed by atoms with Gasteiger partial charge < -0.3 is 13.9 Å². The number of allylic oxidation sites excluding steroid dienone is 2. The van der Waals surface area contributed by atoms with Crippen LogP contribution in [0.25, 0.3) is 0 Å². The van der Waals surface area contributed by atoms with Crippen LogP contribution in [-0.4, -0.2) is 37.7 Å². The number of carbonyl (C=O) groups excluding carboxylic acids is 2. The van der Waals surface area contributed by atoms with Gasteiger partial charge in [0.15, 0.2) is 19.9 Å². The summed E-state index contributed by atoms with van der Waals surface area (Å²) in [4.78, 5) is 28.3. The first-order chi connectivity index (χ1) is 16.4. The molecule has 0 bridgehead atoms. The molecule has 0 saturated heterocycles. The second-order valence-electron chi connectivity index (χ2n) is 14.4. The number of ether oxygens (including phenoxy) is 2. The van der Waals surface area contributed by atoms with Crippen LogP contribution in [0, 0.1) is 28.6 Å². The highest BCUT2D eigenvalue weighted by Crippen LogP contribution is 2.77. The molecule has 0 aliphatic heterocycles. The highest BCUT2D eigenvalue weighted by molar-refractivity contribution is 6.74. The van der Waals surface area contributed by atoms with Crippen LogP contribution in [0.5, 0.6) is 0 Å². The van der Waals surface area contributed by atoms with Gasteiger partial charge in [0, 0.05) is 11.3 Å². The Kier molecular flexibility index (Phi) is 6.37. The van der Waals surface area contributed by atoms with E-state index in [4.69, 9.17) is 13.9 Å². The van der Waals surface area contributed by atoms with Crippen LogP contribution in [0.15, 0.2) is 23.2 Å². The molecule has 5 atom stereocenters. The minimum atomic E-state index is -2.38. The van der Waals surface area contributed by atoms with E-state index in [0.717, 1.165) is 18.4 Å². The van der Waals surface area contributed by atoms with E-state index in [1.807, 2.05) is 33.8 Å². The number of hydrogen-bond acceptors (Lipinski definition) is 5. The molecule has 0 amide bonds. The molecule has 2 fully saturated rings. The molecule has 1 spiro atoms. The first kappa shape index (κ1) is 27.6. The van der Waals surface area contributed by atoms with E-state index in [1.54, 1.807) is 0 Å². The SMILES string of the molecule is CC(C)OC1=C(OC(C)C)[C@@]2(O[Si](C)(C)C(C)(C)C)CC[C@@H]3C[C@]4(C)C(=CC(=O)[C@H]4C(C)C)[C@@]32C1=O. The van der Waals surface area contributed by atoms with Crippen molar-refractivity contribution in [1.29, 1.82) is 0 Å². The second kappa shape index (κ2) is 8.30. The van der Waals surface area contributed by atoms with Gasteiger partial charge in [-0.3, -0.25) is 9.59 Å². The molecule has 202 valence electrons. The van der Waals surface area contributed by atoms with E-state index < -0.39 is 19.3 Å². The van der Waals surface area contributed by atoms with Gasteiger partial charge in [-0.1, -0.05) is 41.5 Å². The fraction of sp³-hybridized carbons (Fsp3) is 0.800. The van der Waals surface area contributed by atoms with E-state index in [2.05, 4.69) is 54.6 Å². The topological polar surface area (TPSA) is 61.8 Å². The van der Waals surface area contributed by atoms with Gasteiger partial charge in [-0.25, -0.2) is 0 Å². The van der Waals surface area contributed by atoms with Crippen molar-refractivity contribution >= 4 is 19.9 Å². The second-order valence-corrected chi connectivity index (χ2v) is 19.1. The molecule has 0 aromatic carbocycles. The largest absolute Gasteiger partial charge is 0.488 e. The zero-order valence-corrected chi connectivity index (χ0v) is 25.6. The fourth-order valence-electron chi connectivity index (χ4n) is 7.81. The van der Waals surface area contributed by atoms with E-state index >= 15 is 0 Å². The summed E-state index contributed by atoms with van der Waals surface area (Å²) in [5.74, 6) is 1.21. The molecule has 0 unspecified atom stereocenters. The maximum atomic E-state index is 14.8. The Morgan fingerprint density at radius 2 is 1.58 bits per heavy atom. The Hall–Kier alpha value is -1.40. The molecule has 36 heavy (non-hydrogen) atoms. The number of ketones is 2. The van der Waals surface area contributed by atoms with Crippen LogP contribution >= 0.6 is 0 Å². The summed E-state index contributed by atoms with van der Waals surface area (Å²) in [6, 6.07) is 0. The summed E-state index contributed by atoms with van der Waals surface area (Å²) in [6.07, 6.45) is 3.93. The number of rotatable bonds is 7. The van der Waals surface area contributed by atoms with Crippen LogP contribution in [0.4, 0.5) is 0 Å². The molecule has 4 rings (SSSR count). The van der Waals surface area contributed by atoms with Crippen molar-refractivity contribution in [1.82, 2.24) is 0 Å². The molecule has 5 nitrogen and oxygen atoms in total. The molecule has 4 aliphatic carbocycles. The van der Waals surface area contributed by atoms with Gasteiger partial charge in [0.2, 0.25) is 11.5 Å². The van der Waals surface area contributed by atoms with E-state index in [0.29, 0.717) is 17.9 Å². The van der Waals surface area contributed by atoms with E-state index in [9.17, 15) is 9.59 Å². The third kappa shape index (κ3) is 3.42.